The Hall–Kier alpha value is -4.04. The van der Waals surface area contributed by atoms with Gasteiger partial charge in [-0.15, -0.1) is 0 Å². The molecule has 8 nitrogen and oxygen atoms in total. The molecule has 3 amide bonds. The van der Waals surface area contributed by atoms with Crippen LogP contribution in [0.5, 0.6) is 11.5 Å². The Morgan fingerprint density at radius 1 is 1.00 bits per heavy atom. The molecule has 0 unspecified atom stereocenters. The first-order valence-electron chi connectivity index (χ1n) is 14.6. The zero-order valence-electron chi connectivity index (χ0n) is 25.5. The van der Waals surface area contributed by atoms with Gasteiger partial charge < -0.3 is 19.6 Å². The van der Waals surface area contributed by atoms with Crippen LogP contribution in [0.1, 0.15) is 69.0 Å². The number of aryl methyl sites for hydroxylation is 1. The molecule has 9 heteroatoms. The van der Waals surface area contributed by atoms with Crippen molar-refractivity contribution in [1.82, 2.24) is 14.7 Å². The zero-order valence-corrected chi connectivity index (χ0v) is 26.3. The highest BCUT2D eigenvalue weighted by Crippen LogP contribution is 2.45. The molecule has 43 heavy (non-hydrogen) atoms. The summed E-state index contributed by atoms with van der Waals surface area (Å²) >= 11 is 6.25. The van der Waals surface area contributed by atoms with Gasteiger partial charge in [-0.3, -0.25) is 14.7 Å². The topological polar surface area (TPSA) is 85.7 Å². The second-order valence-corrected chi connectivity index (χ2v) is 12.9. The Morgan fingerprint density at radius 3 is 2.26 bits per heavy atom. The lowest BCUT2D eigenvalue weighted by atomic mass is 9.93. The van der Waals surface area contributed by atoms with E-state index in [2.05, 4.69) is 0 Å². The quantitative estimate of drug-likeness (QED) is 0.350. The summed E-state index contributed by atoms with van der Waals surface area (Å²) in [5, 5.41) is 10.9. The number of phenolic OH excluding ortho intramolecular Hbond substituents is 1. The number of carbonyl (C=O) groups excluding carboxylic acids is 2. The third-order valence-electron chi connectivity index (χ3n) is 7.77. The average molecular weight is 603 g/mol. The third-order valence-corrected chi connectivity index (χ3v) is 8.02. The molecule has 1 saturated heterocycles. The van der Waals surface area contributed by atoms with Gasteiger partial charge in [-0.25, -0.2) is 4.79 Å². The summed E-state index contributed by atoms with van der Waals surface area (Å²) in [6, 6.07) is 19.1. The van der Waals surface area contributed by atoms with E-state index in [1.807, 2.05) is 95.0 Å². The van der Waals surface area contributed by atoms with Crippen LogP contribution in [0.15, 0.2) is 71.7 Å². The summed E-state index contributed by atoms with van der Waals surface area (Å²) < 4.78 is 6.12. The maximum Gasteiger partial charge on any atom is 0.326 e. The lowest BCUT2D eigenvalue weighted by molar-refractivity contribution is -0.140. The van der Waals surface area contributed by atoms with Crippen LogP contribution >= 0.6 is 11.6 Å². The molecule has 2 aliphatic rings. The number of hydrogen-bond donors (Lipinski definition) is 1. The molecular formula is C34H39ClN4O4. The highest BCUT2D eigenvalue weighted by atomic mass is 35.5. The van der Waals surface area contributed by atoms with Crippen molar-refractivity contribution in [3.05, 3.63) is 94.0 Å². The van der Waals surface area contributed by atoms with E-state index >= 15 is 0 Å². The molecule has 0 bridgehead atoms. The number of amidine groups is 1. The molecule has 5 rings (SSSR count). The molecule has 2 aliphatic heterocycles. The molecule has 0 spiro atoms. The predicted octanol–water partition coefficient (Wildman–Crippen LogP) is 6.75. The number of benzene rings is 3. The van der Waals surface area contributed by atoms with Crippen LogP contribution in [0.25, 0.3) is 0 Å². The van der Waals surface area contributed by atoms with Crippen molar-refractivity contribution < 1.29 is 19.4 Å². The maximum absolute atomic E-state index is 14.7. The molecule has 0 saturated carbocycles. The number of piperazine rings is 1. The Kier molecular flexibility index (Phi) is 8.43. The molecule has 2 heterocycles. The summed E-state index contributed by atoms with van der Waals surface area (Å²) in [5.74, 6) is 0.778. The highest BCUT2D eigenvalue weighted by molar-refractivity contribution is 6.30. The number of phenols is 1. The van der Waals surface area contributed by atoms with E-state index in [0.717, 1.165) is 16.7 Å². The number of nitrogens with zero attached hydrogens (tertiary/aromatic N) is 4. The fraction of sp³-hybridized carbons (Fsp3) is 0.382. The standard InChI is InChI=1S/C34H39ClN4O4/c1-21(2)43-28-19-26(40)15-16-27(28)32-36-30(23-11-13-25(35)14-12-23)31(24-9-7-22(3)8-10-24)39(32)33(42)37-17-18-38(29(41)20-37)34(4,5)6/h7-16,19,21,30-31,40H,17-18,20H2,1-6H3/t30-,31+/m0/s1. The van der Waals surface area contributed by atoms with Gasteiger partial charge in [0.1, 0.15) is 29.9 Å². The van der Waals surface area contributed by atoms with Crippen LogP contribution < -0.4 is 4.74 Å². The van der Waals surface area contributed by atoms with Crippen LogP contribution in [-0.2, 0) is 4.79 Å². The van der Waals surface area contributed by atoms with Crippen LogP contribution in [0, 0.1) is 6.92 Å². The Labute approximate surface area is 258 Å². The molecule has 0 radical (unpaired) electrons. The molecule has 3 aromatic rings. The third kappa shape index (κ3) is 6.34. The van der Waals surface area contributed by atoms with Gasteiger partial charge in [0.25, 0.3) is 0 Å². The summed E-state index contributed by atoms with van der Waals surface area (Å²) in [6.45, 7) is 12.6. The number of ether oxygens (including phenoxy) is 1. The molecule has 1 N–H and O–H groups in total. The monoisotopic (exact) mass is 602 g/mol. The number of urea groups is 1. The lowest BCUT2D eigenvalue weighted by Gasteiger charge is -2.43. The maximum atomic E-state index is 14.7. The van der Waals surface area contributed by atoms with Crippen LogP contribution in [0.3, 0.4) is 0 Å². The van der Waals surface area contributed by atoms with E-state index in [4.69, 9.17) is 21.3 Å². The molecule has 0 aliphatic carbocycles. The molecule has 3 aromatic carbocycles. The van der Waals surface area contributed by atoms with Crippen LogP contribution in [-0.4, -0.2) is 68.9 Å². The minimum atomic E-state index is -0.513. The van der Waals surface area contributed by atoms with E-state index in [1.165, 1.54) is 0 Å². The Morgan fingerprint density at radius 2 is 1.65 bits per heavy atom. The van der Waals surface area contributed by atoms with E-state index in [0.29, 0.717) is 35.3 Å². The Bertz CT molecular complexity index is 1530. The summed E-state index contributed by atoms with van der Waals surface area (Å²) in [6.07, 6.45) is -0.185. The number of hydrogen-bond acceptors (Lipinski definition) is 5. The van der Waals surface area contributed by atoms with Gasteiger partial charge in [0.05, 0.1) is 17.7 Å². The largest absolute Gasteiger partial charge is 0.508 e. The van der Waals surface area contributed by atoms with Gasteiger partial charge in [0.15, 0.2) is 0 Å². The number of halogens is 1. The minimum absolute atomic E-state index is 0.0307. The van der Waals surface area contributed by atoms with E-state index < -0.39 is 12.1 Å². The molecule has 1 fully saturated rings. The molecule has 226 valence electrons. The van der Waals surface area contributed by atoms with Crippen LogP contribution in [0.2, 0.25) is 5.02 Å². The second kappa shape index (κ2) is 11.9. The van der Waals surface area contributed by atoms with Gasteiger partial charge in [-0.1, -0.05) is 53.6 Å². The van der Waals surface area contributed by atoms with Crippen molar-refractivity contribution in [1.29, 1.82) is 0 Å². The fourth-order valence-corrected chi connectivity index (χ4v) is 5.83. The average Bonchev–Trinajstić information content (AvgIpc) is 3.32. The van der Waals surface area contributed by atoms with E-state index in [-0.39, 0.29) is 35.9 Å². The van der Waals surface area contributed by atoms with Gasteiger partial charge in [0, 0.05) is 29.7 Å². The number of carbonyl (C=O) groups is 2. The van der Waals surface area contributed by atoms with Crippen molar-refractivity contribution in [3.63, 3.8) is 0 Å². The van der Waals surface area contributed by atoms with Crippen molar-refractivity contribution in [2.45, 2.75) is 65.3 Å². The van der Waals surface area contributed by atoms with Gasteiger partial charge in [0.2, 0.25) is 5.91 Å². The second-order valence-electron chi connectivity index (χ2n) is 12.4. The summed E-state index contributed by atoms with van der Waals surface area (Å²) in [4.78, 5) is 38.2. The van der Waals surface area contributed by atoms with Crippen molar-refractivity contribution >= 4 is 29.4 Å². The normalized spacial score (nSPS) is 19.2. The predicted molar refractivity (Wildman–Crippen MR) is 169 cm³/mol. The smallest absolute Gasteiger partial charge is 0.326 e. The zero-order chi connectivity index (χ0) is 31.1. The number of rotatable bonds is 5. The van der Waals surface area contributed by atoms with Gasteiger partial charge in [-0.2, -0.15) is 0 Å². The number of aliphatic imine (C=N–C) groups is 1. The van der Waals surface area contributed by atoms with Gasteiger partial charge >= 0.3 is 6.03 Å². The van der Waals surface area contributed by atoms with Crippen molar-refractivity contribution in [2.75, 3.05) is 19.6 Å². The first-order valence-corrected chi connectivity index (χ1v) is 15.0. The summed E-state index contributed by atoms with van der Waals surface area (Å²) in [7, 11) is 0. The van der Waals surface area contributed by atoms with Crippen molar-refractivity contribution in [2.24, 2.45) is 4.99 Å². The Balaban J connectivity index is 1.66. The number of aromatic hydroxyl groups is 1. The van der Waals surface area contributed by atoms with Crippen molar-refractivity contribution in [3.8, 4) is 11.5 Å². The summed E-state index contributed by atoms with van der Waals surface area (Å²) in [5.41, 5.74) is 3.13. The first kappa shape index (κ1) is 30.4. The minimum Gasteiger partial charge on any atom is -0.508 e. The number of amides is 3. The van der Waals surface area contributed by atoms with E-state index in [9.17, 15) is 14.7 Å². The molecule has 2 atom stereocenters. The van der Waals surface area contributed by atoms with Crippen LogP contribution in [0.4, 0.5) is 4.79 Å². The lowest BCUT2D eigenvalue weighted by Crippen LogP contribution is -2.60. The van der Waals surface area contributed by atoms with Gasteiger partial charge in [-0.05, 0) is 76.9 Å². The van der Waals surface area contributed by atoms with E-state index in [1.54, 1.807) is 28.0 Å². The SMILES string of the molecule is Cc1ccc([C@@H]2[C@H](c3ccc(Cl)cc3)N=C(c3ccc(O)cc3OC(C)C)N2C(=O)N2CCN(C(C)(C)C)C(=O)C2)cc1. The highest BCUT2D eigenvalue weighted by Gasteiger charge is 2.46. The molecule has 0 aromatic heterocycles. The molecular weight excluding hydrogens is 564 g/mol. The fourth-order valence-electron chi connectivity index (χ4n) is 5.70. The first-order chi connectivity index (χ1) is 20.3.